The van der Waals surface area contributed by atoms with Crippen molar-refractivity contribution in [3.63, 3.8) is 0 Å². The van der Waals surface area contributed by atoms with Crippen LogP contribution >= 0.6 is 0 Å². The van der Waals surface area contributed by atoms with Gasteiger partial charge in [0.1, 0.15) is 0 Å². The van der Waals surface area contributed by atoms with Gasteiger partial charge in [0.15, 0.2) is 0 Å². The van der Waals surface area contributed by atoms with Crippen LogP contribution in [0.3, 0.4) is 0 Å². The molecular weight excluding hydrogens is 598 g/mol. The van der Waals surface area contributed by atoms with E-state index in [4.69, 9.17) is 0 Å². The number of fused-ring (bicyclic) bond motifs is 20. The quantitative estimate of drug-likeness (QED) is 0.173. The van der Waals surface area contributed by atoms with E-state index in [1.54, 1.807) is 0 Å². The molecule has 5 heterocycles. The predicted octanol–water partition coefficient (Wildman–Crippen LogP) is 0.308. The number of hydrogen-bond acceptors (Lipinski definition) is 8. The number of rotatable bonds is 0. The Labute approximate surface area is 272 Å². The monoisotopic (exact) mass is 658 g/mol. The molecule has 12 N–H and O–H groups in total. The van der Waals surface area contributed by atoms with Crippen LogP contribution in [0.15, 0.2) is 0 Å². The van der Waals surface area contributed by atoms with Crippen molar-refractivity contribution in [2.24, 2.45) is 47.3 Å². The zero-order valence-electron chi connectivity index (χ0n) is 26.3. The summed E-state index contributed by atoms with van der Waals surface area (Å²) in [5, 5.41) is 33.8. The van der Waals surface area contributed by atoms with Crippen molar-refractivity contribution in [1.82, 2.24) is 42.5 Å². The summed E-state index contributed by atoms with van der Waals surface area (Å²) in [4.78, 5) is 0. The van der Waals surface area contributed by atoms with Gasteiger partial charge in [0.05, 0.1) is 49.3 Å². The van der Waals surface area contributed by atoms with Crippen molar-refractivity contribution in [2.75, 3.05) is 0 Å². The molecule has 4 saturated carbocycles. The fourth-order valence-corrected chi connectivity index (χ4v) is 12.0. The fourth-order valence-electron chi connectivity index (χ4n) is 12.0. The molecule has 244 valence electrons. The average molecular weight is 660 g/mol. The first-order chi connectivity index (χ1) is 19.8. The molecule has 11 heteroatoms. The second-order valence-corrected chi connectivity index (χ2v) is 15.6. The standard InChI is InChI=1S/C32H56N8.Ga.2H2O.H/c1-2-10-18-17(9-1)25-33-26(18)38-28-21-13-5-6-14-22(21)30(35-28)40-32-24-16-8-7-15-23(24)31(36-32)39-29-20-12-4-3-11-19(20)27(34-29)37-25;;;;/h17-40H,1-16H2;;2*1H2;. The number of nitrogens with one attached hydrogen (secondary N) is 8. The normalized spacial score (nSPS) is 53.6. The molecule has 8 unspecified atom stereocenters. The number of hydrogen-bond donors (Lipinski definition) is 8. The molecule has 0 aromatic rings. The third-order valence-corrected chi connectivity index (χ3v) is 13.8. The van der Waals surface area contributed by atoms with Gasteiger partial charge in [-0.15, -0.1) is 0 Å². The second kappa shape index (κ2) is 13.8. The van der Waals surface area contributed by atoms with Crippen molar-refractivity contribution in [3.8, 4) is 0 Å². The molecule has 4 aliphatic carbocycles. The first-order valence-corrected chi connectivity index (χ1v) is 17.9. The summed E-state index contributed by atoms with van der Waals surface area (Å²) in [7, 11) is 0. The molecule has 5 saturated heterocycles. The Kier molecular flexibility index (Phi) is 10.6. The first kappa shape index (κ1) is 33.1. The van der Waals surface area contributed by atoms with Gasteiger partial charge in [-0.05, 0) is 98.7 Å². The Morgan fingerprint density at radius 2 is 0.349 bits per heavy atom. The van der Waals surface area contributed by atoms with E-state index in [9.17, 15) is 0 Å². The summed E-state index contributed by atoms with van der Waals surface area (Å²) >= 11 is 0. The van der Waals surface area contributed by atoms with Crippen LogP contribution in [0.4, 0.5) is 0 Å². The zero-order valence-corrected chi connectivity index (χ0v) is 29.2. The van der Waals surface area contributed by atoms with Gasteiger partial charge >= 0.3 is 19.8 Å². The molecule has 8 bridgehead atoms. The van der Waals surface area contributed by atoms with Gasteiger partial charge in [0, 0.05) is 0 Å². The van der Waals surface area contributed by atoms with Crippen LogP contribution in [0.2, 0.25) is 0 Å². The third kappa shape index (κ3) is 5.84. The van der Waals surface area contributed by atoms with E-state index in [2.05, 4.69) is 42.5 Å². The SMILES string of the molecule is C1CCC2C3NC(NC4NC(NC5NC(NC6NC(N3)C3CCCCC63)C3CCCCC53)C3CCCCC43)C2C1.O.O.[GaH]. The van der Waals surface area contributed by atoms with Gasteiger partial charge < -0.3 is 11.0 Å². The summed E-state index contributed by atoms with van der Waals surface area (Å²) < 4.78 is 0. The molecular formula is C32H61GaN8O2. The maximum atomic E-state index is 4.26. The van der Waals surface area contributed by atoms with Crippen LogP contribution in [0.25, 0.3) is 0 Å². The molecule has 0 aromatic carbocycles. The van der Waals surface area contributed by atoms with E-state index < -0.39 is 0 Å². The molecule has 2 radical (unpaired) electrons. The van der Waals surface area contributed by atoms with Gasteiger partial charge in [0.25, 0.3) is 0 Å². The van der Waals surface area contributed by atoms with Crippen LogP contribution < -0.4 is 42.5 Å². The summed E-state index contributed by atoms with van der Waals surface area (Å²) in [6.45, 7) is 0. The van der Waals surface area contributed by atoms with Crippen molar-refractivity contribution in [3.05, 3.63) is 0 Å². The molecule has 10 nitrogen and oxygen atoms in total. The van der Waals surface area contributed by atoms with Crippen molar-refractivity contribution in [1.29, 1.82) is 0 Å². The Hall–Kier alpha value is 0.236. The Bertz CT molecular complexity index is 728. The van der Waals surface area contributed by atoms with E-state index in [-0.39, 0.29) is 30.7 Å². The Balaban J connectivity index is 0.00000110. The van der Waals surface area contributed by atoms with E-state index in [1.807, 2.05) is 0 Å². The van der Waals surface area contributed by atoms with Gasteiger partial charge in [-0.1, -0.05) is 51.4 Å². The Morgan fingerprint density at radius 1 is 0.233 bits per heavy atom. The van der Waals surface area contributed by atoms with E-state index in [0.717, 1.165) is 47.3 Å². The average Bonchev–Trinajstić information content (AvgIpc) is 3.73. The zero-order chi connectivity index (χ0) is 26.2. The van der Waals surface area contributed by atoms with Gasteiger partial charge in [-0.2, -0.15) is 0 Å². The van der Waals surface area contributed by atoms with Crippen LogP contribution in [0.5, 0.6) is 0 Å². The van der Waals surface area contributed by atoms with Crippen LogP contribution in [0.1, 0.15) is 103 Å². The van der Waals surface area contributed by atoms with Gasteiger partial charge in [0.2, 0.25) is 0 Å². The molecule has 9 fully saturated rings. The summed E-state index contributed by atoms with van der Waals surface area (Å²) in [5.41, 5.74) is 0. The summed E-state index contributed by atoms with van der Waals surface area (Å²) in [6.07, 6.45) is 25.6. The minimum atomic E-state index is 0. The second-order valence-electron chi connectivity index (χ2n) is 15.6. The van der Waals surface area contributed by atoms with Crippen LogP contribution in [-0.2, 0) is 0 Å². The topological polar surface area (TPSA) is 159 Å². The maximum absolute atomic E-state index is 4.26. The first-order valence-electron chi connectivity index (χ1n) is 17.9. The van der Waals surface area contributed by atoms with Crippen LogP contribution in [0, 0.1) is 47.3 Å². The Morgan fingerprint density at radius 3 is 0.465 bits per heavy atom. The molecule has 5 aliphatic heterocycles. The van der Waals surface area contributed by atoms with Gasteiger partial charge in [-0.25, -0.2) is 0 Å². The van der Waals surface area contributed by atoms with Crippen molar-refractivity contribution < 1.29 is 11.0 Å². The third-order valence-electron chi connectivity index (χ3n) is 13.8. The molecule has 0 aromatic heterocycles. The molecule has 9 aliphatic rings. The molecule has 9 rings (SSSR count). The fraction of sp³-hybridized carbons (Fsp3) is 1.00. The molecule has 0 amide bonds. The van der Waals surface area contributed by atoms with E-state index in [0.29, 0.717) is 49.3 Å². The minimum absolute atomic E-state index is 0. The molecule has 8 atom stereocenters. The van der Waals surface area contributed by atoms with Gasteiger partial charge in [-0.3, -0.25) is 42.5 Å². The molecule has 0 spiro atoms. The van der Waals surface area contributed by atoms with Crippen LogP contribution in [-0.4, -0.2) is 80.1 Å². The summed E-state index contributed by atoms with van der Waals surface area (Å²) in [5.74, 6) is 5.97. The summed E-state index contributed by atoms with van der Waals surface area (Å²) in [6, 6.07) is 0. The van der Waals surface area contributed by atoms with E-state index >= 15 is 0 Å². The predicted molar refractivity (Wildman–Crippen MR) is 172 cm³/mol. The van der Waals surface area contributed by atoms with Crippen molar-refractivity contribution in [2.45, 2.75) is 152 Å². The van der Waals surface area contributed by atoms with Crippen molar-refractivity contribution >= 4 is 19.8 Å². The van der Waals surface area contributed by atoms with E-state index in [1.165, 1.54) is 103 Å². The molecule has 43 heavy (non-hydrogen) atoms.